The number of carbonyl (C=O) groups excluding carboxylic acids is 1. The highest BCUT2D eigenvalue weighted by Crippen LogP contribution is 2.09. The maximum atomic E-state index is 13.0. The fourth-order valence-electron chi connectivity index (χ4n) is 2.06. The van der Waals surface area contributed by atoms with Gasteiger partial charge in [0.15, 0.2) is 0 Å². The third-order valence-corrected chi connectivity index (χ3v) is 3.12. The Morgan fingerprint density at radius 2 is 1.86 bits per heavy atom. The van der Waals surface area contributed by atoms with Crippen LogP contribution in [0, 0.1) is 5.82 Å². The van der Waals surface area contributed by atoms with Gasteiger partial charge in [0.1, 0.15) is 5.82 Å². The molecule has 0 atom stereocenters. The molecule has 118 valence electrons. The number of halogens is 2. The van der Waals surface area contributed by atoms with Gasteiger partial charge in [-0.2, -0.15) is 0 Å². The van der Waals surface area contributed by atoms with Crippen LogP contribution in [0.4, 0.5) is 10.1 Å². The van der Waals surface area contributed by atoms with Crippen LogP contribution in [0.15, 0.2) is 54.6 Å². The van der Waals surface area contributed by atoms with Crippen LogP contribution in [-0.2, 0) is 11.3 Å². The molecule has 0 heterocycles. The van der Waals surface area contributed by atoms with Gasteiger partial charge in [0, 0.05) is 25.2 Å². The van der Waals surface area contributed by atoms with Crippen LogP contribution in [0.1, 0.15) is 12.0 Å². The second-order valence-electron chi connectivity index (χ2n) is 5.03. The van der Waals surface area contributed by atoms with E-state index >= 15 is 0 Å². The molecule has 0 saturated heterocycles. The number of benzene rings is 2. The van der Waals surface area contributed by atoms with E-state index in [-0.39, 0.29) is 24.1 Å². The maximum Gasteiger partial charge on any atom is 0.225 e. The summed E-state index contributed by atoms with van der Waals surface area (Å²) >= 11 is 0. The summed E-state index contributed by atoms with van der Waals surface area (Å²) in [5.74, 6) is -0.463. The van der Waals surface area contributed by atoms with Gasteiger partial charge in [-0.05, 0) is 30.8 Å². The second kappa shape index (κ2) is 9.18. The zero-order valence-corrected chi connectivity index (χ0v) is 13.3. The average molecular weight is 323 g/mol. The van der Waals surface area contributed by atoms with Crippen molar-refractivity contribution < 1.29 is 9.18 Å². The van der Waals surface area contributed by atoms with Gasteiger partial charge in [0.05, 0.1) is 0 Å². The Labute approximate surface area is 136 Å². The lowest BCUT2D eigenvalue weighted by Crippen LogP contribution is -2.24. The Balaban J connectivity index is 0.00000242. The van der Waals surface area contributed by atoms with Crippen molar-refractivity contribution in [3.8, 4) is 0 Å². The molecule has 1 amide bonds. The molecule has 5 heteroatoms. The lowest BCUT2D eigenvalue weighted by atomic mass is 10.2. The summed E-state index contributed by atoms with van der Waals surface area (Å²) in [4.78, 5) is 13.9. The molecule has 0 unspecified atom stereocenters. The monoisotopic (exact) mass is 322 g/mol. The Bertz CT molecular complexity index is 592. The molecule has 2 aromatic carbocycles. The van der Waals surface area contributed by atoms with E-state index in [2.05, 4.69) is 22.3 Å². The first-order chi connectivity index (χ1) is 10.1. The predicted octanol–water partition coefficient (Wildman–Crippen LogP) is 3.71. The molecular weight excluding hydrogens is 303 g/mol. The molecule has 0 aliphatic carbocycles. The number of carbonyl (C=O) groups is 1. The molecule has 0 aromatic heterocycles. The minimum absolute atomic E-state index is 0. The van der Waals surface area contributed by atoms with Gasteiger partial charge in [-0.15, -0.1) is 12.4 Å². The number of nitrogens with zero attached hydrogens (tertiary/aromatic N) is 1. The fraction of sp³-hybridized carbons (Fsp3) is 0.235. The van der Waals surface area contributed by atoms with Gasteiger partial charge in [-0.3, -0.25) is 4.79 Å². The summed E-state index contributed by atoms with van der Waals surface area (Å²) < 4.78 is 13.0. The zero-order valence-electron chi connectivity index (χ0n) is 12.5. The van der Waals surface area contributed by atoms with Crippen LogP contribution in [0.25, 0.3) is 0 Å². The Morgan fingerprint density at radius 1 is 1.14 bits per heavy atom. The number of anilines is 1. The number of rotatable bonds is 6. The van der Waals surface area contributed by atoms with Crippen molar-refractivity contribution in [3.05, 3.63) is 66.0 Å². The number of nitrogens with one attached hydrogen (secondary N) is 1. The highest BCUT2D eigenvalue weighted by molar-refractivity contribution is 5.90. The smallest absolute Gasteiger partial charge is 0.225 e. The molecule has 2 rings (SSSR count). The van der Waals surface area contributed by atoms with Crippen LogP contribution in [0.2, 0.25) is 0 Å². The summed E-state index contributed by atoms with van der Waals surface area (Å²) in [6.45, 7) is 1.45. The van der Waals surface area contributed by atoms with Crippen LogP contribution in [0.5, 0.6) is 0 Å². The van der Waals surface area contributed by atoms with Crippen LogP contribution in [-0.4, -0.2) is 24.4 Å². The molecular formula is C17H20ClFN2O. The number of hydrogen-bond donors (Lipinski definition) is 1. The molecule has 0 fully saturated rings. The van der Waals surface area contributed by atoms with Gasteiger partial charge >= 0.3 is 0 Å². The summed E-state index contributed by atoms with van der Waals surface area (Å²) in [5, 5.41) is 2.70. The fourth-order valence-corrected chi connectivity index (χ4v) is 2.06. The normalized spacial score (nSPS) is 10.1. The van der Waals surface area contributed by atoms with E-state index in [0.29, 0.717) is 18.7 Å². The van der Waals surface area contributed by atoms with Crippen molar-refractivity contribution in [2.75, 3.05) is 18.9 Å². The average Bonchev–Trinajstić information content (AvgIpc) is 2.46. The molecule has 0 saturated carbocycles. The summed E-state index contributed by atoms with van der Waals surface area (Å²) in [7, 11) is 1.97. The van der Waals surface area contributed by atoms with Crippen molar-refractivity contribution >= 4 is 24.0 Å². The zero-order chi connectivity index (χ0) is 15.1. The molecule has 1 N–H and O–H groups in total. The van der Waals surface area contributed by atoms with E-state index in [9.17, 15) is 9.18 Å². The van der Waals surface area contributed by atoms with Crippen LogP contribution >= 0.6 is 12.4 Å². The van der Waals surface area contributed by atoms with E-state index in [0.717, 1.165) is 6.54 Å². The molecule has 0 radical (unpaired) electrons. The van der Waals surface area contributed by atoms with Gasteiger partial charge in [0.2, 0.25) is 5.91 Å². The molecule has 22 heavy (non-hydrogen) atoms. The topological polar surface area (TPSA) is 32.3 Å². The lowest BCUT2D eigenvalue weighted by Gasteiger charge is -2.16. The van der Waals surface area contributed by atoms with E-state index in [1.165, 1.54) is 17.7 Å². The summed E-state index contributed by atoms with van der Waals surface area (Å²) in [6, 6.07) is 16.0. The Hall–Kier alpha value is -1.91. The molecule has 0 aliphatic rings. The highest BCUT2D eigenvalue weighted by atomic mass is 35.5. The Morgan fingerprint density at radius 3 is 2.55 bits per heavy atom. The first-order valence-corrected chi connectivity index (χ1v) is 6.91. The van der Waals surface area contributed by atoms with Gasteiger partial charge in [-0.25, -0.2) is 4.39 Å². The maximum absolute atomic E-state index is 13.0. The van der Waals surface area contributed by atoms with E-state index < -0.39 is 0 Å². The largest absolute Gasteiger partial charge is 0.326 e. The third-order valence-electron chi connectivity index (χ3n) is 3.12. The van der Waals surface area contributed by atoms with Crippen molar-refractivity contribution in [1.29, 1.82) is 0 Å². The molecule has 0 aliphatic heterocycles. The molecule has 0 bridgehead atoms. The lowest BCUT2D eigenvalue weighted by molar-refractivity contribution is -0.116. The minimum atomic E-state index is -0.353. The first kappa shape index (κ1) is 18.1. The quantitative estimate of drug-likeness (QED) is 0.879. The second-order valence-corrected chi connectivity index (χ2v) is 5.03. The first-order valence-electron chi connectivity index (χ1n) is 6.91. The van der Waals surface area contributed by atoms with Crippen molar-refractivity contribution in [1.82, 2.24) is 4.90 Å². The molecule has 0 spiro atoms. The molecule has 2 aromatic rings. The summed E-state index contributed by atoms with van der Waals surface area (Å²) in [5.41, 5.74) is 1.70. The van der Waals surface area contributed by atoms with Crippen molar-refractivity contribution in [2.45, 2.75) is 13.0 Å². The Kier molecular flexibility index (Phi) is 7.57. The van der Waals surface area contributed by atoms with E-state index in [1.807, 2.05) is 25.2 Å². The van der Waals surface area contributed by atoms with Gasteiger partial charge in [0.25, 0.3) is 0 Å². The van der Waals surface area contributed by atoms with Crippen LogP contribution in [0.3, 0.4) is 0 Å². The minimum Gasteiger partial charge on any atom is -0.326 e. The van der Waals surface area contributed by atoms with Crippen molar-refractivity contribution in [2.24, 2.45) is 0 Å². The predicted molar refractivity (Wildman–Crippen MR) is 89.7 cm³/mol. The van der Waals surface area contributed by atoms with Crippen LogP contribution < -0.4 is 5.32 Å². The standard InChI is InChI=1S/C17H19FN2O.ClH/c1-20(13-14-6-3-2-4-7-14)11-10-17(21)19-16-9-5-8-15(18)12-16;/h2-9,12H,10-11,13H2,1H3,(H,19,21);1H. The molecule has 3 nitrogen and oxygen atoms in total. The van der Waals surface area contributed by atoms with Crippen molar-refractivity contribution in [3.63, 3.8) is 0 Å². The highest BCUT2D eigenvalue weighted by Gasteiger charge is 2.06. The van der Waals surface area contributed by atoms with Gasteiger partial charge in [-0.1, -0.05) is 36.4 Å². The summed E-state index contributed by atoms with van der Waals surface area (Å²) in [6.07, 6.45) is 0.375. The number of amides is 1. The third kappa shape index (κ3) is 6.24. The van der Waals surface area contributed by atoms with E-state index in [4.69, 9.17) is 0 Å². The van der Waals surface area contributed by atoms with Gasteiger partial charge < -0.3 is 10.2 Å². The van der Waals surface area contributed by atoms with E-state index in [1.54, 1.807) is 12.1 Å². The SMILES string of the molecule is CN(CCC(=O)Nc1cccc(F)c1)Cc1ccccc1.Cl. The number of hydrogen-bond acceptors (Lipinski definition) is 2.